The van der Waals surface area contributed by atoms with Crippen LogP contribution in [-0.2, 0) is 15.3 Å². The maximum Gasteiger partial charge on any atom is 0.326 e. The van der Waals surface area contributed by atoms with Crippen molar-refractivity contribution in [2.75, 3.05) is 5.75 Å². The first-order chi connectivity index (χ1) is 12.0. The monoisotopic (exact) mass is 362 g/mol. The SMILES string of the molecule is CC(C)C[C@@H](NC(=O)CSCc1coc(-c2ccccc2)n1)C(=O)O. The van der Waals surface area contributed by atoms with E-state index in [2.05, 4.69) is 10.3 Å². The number of nitrogens with one attached hydrogen (secondary N) is 1. The van der Waals surface area contributed by atoms with Gasteiger partial charge in [-0.2, -0.15) is 0 Å². The minimum absolute atomic E-state index is 0.176. The number of rotatable bonds is 9. The number of hydrogen-bond donors (Lipinski definition) is 2. The Hall–Kier alpha value is -2.28. The Morgan fingerprint density at radius 3 is 2.64 bits per heavy atom. The topological polar surface area (TPSA) is 92.4 Å². The van der Waals surface area contributed by atoms with Gasteiger partial charge in [-0.25, -0.2) is 9.78 Å². The Kier molecular flexibility index (Phi) is 7.06. The van der Waals surface area contributed by atoms with E-state index in [-0.39, 0.29) is 17.6 Å². The van der Waals surface area contributed by atoms with Gasteiger partial charge in [0.05, 0.1) is 11.4 Å². The summed E-state index contributed by atoms with van der Waals surface area (Å²) >= 11 is 1.37. The number of aliphatic carboxylic acids is 1. The predicted molar refractivity (Wildman–Crippen MR) is 97.1 cm³/mol. The lowest BCUT2D eigenvalue weighted by molar-refractivity contribution is -0.141. The number of carboxylic acid groups (broad SMARTS) is 1. The van der Waals surface area contributed by atoms with Crippen LogP contribution < -0.4 is 5.32 Å². The summed E-state index contributed by atoms with van der Waals surface area (Å²) in [6.07, 6.45) is 1.99. The third-order valence-electron chi connectivity index (χ3n) is 3.40. The molecule has 0 aliphatic carbocycles. The second-order valence-electron chi connectivity index (χ2n) is 6.09. The summed E-state index contributed by atoms with van der Waals surface area (Å²) in [5, 5.41) is 11.7. The van der Waals surface area contributed by atoms with E-state index in [0.717, 1.165) is 11.3 Å². The Bertz CT molecular complexity index is 700. The van der Waals surface area contributed by atoms with E-state index in [1.807, 2.05) is 44.2 Å². The molecule has 0 saturated heterocycles. The first-order valence-corrected chi connectivity index (χ1v) is 9.21. The normalized spacial score (nSPS) is 12.1. The van der Waals surface area contributed by atoms with Crippen molar-refractivity contribution in [2.45, 2.75) is 32.1 Å². The van der Waals surface area contributed by atoms with Crippen LogP contribution in [0.15, 0.2) is 41.0 Å². The average Bonchev–Trinajstić information content (AvgIpc) is 3.03. The first-order valence-electron chi connectivity index (χ1n) is 8.05. The second kappa shape index (κ2) is 9.27. The molecule has 2 rings (SSSR count). The van der Waals surface area contributed by atoms with Crippen LogP contribution in [0.4, 0.5) is 0 Å². The number of carbonyl (C=O) groups is 2. The summed E-state index contributed by atoms with van der Waals surface area (Å²) in [5.74, 6) is 0.145. The van der Waals surface area contributed by atoms with Gasteiger partial charge in [0, 0.05) is 11.3 Å². The van der Waals surface area contributed by atoms with Crippen molar-refractivity contribution in [3.63, 3.8) is 0 Å². The smallest absolute Gasteiger partial charge is 0.326 e. The fourth-order valence-electron chi connectivity index (χ4n) is 2.26. The van der Waals surface area contributed by atoms with E-state index in [1.165, 1.54) is 11.8 Å². The van der Waals surface area contributed by atoms with Crippen LogP contribution in [0.1, 0.15) is 26.0 Å². The molecule has 0 radical (unpaired) electrons. The highest BCUT2D eigenvalue weighted by Gasteiger charge is 2.20. The molecule has 7 heteroatoms. The first kappa shape index (κ1) is 19.1. The maximum absolute atomic E-state index is 11.9. The minimum Gasteiger partial charge on any atom is -0.480 e. The summed E-state index contributed by atoms with van der Waals surface area (Å²) < 4.78 is 5.45. The highest BCUT2D eigenvalue weighted by atomic mass is 32.2. The van der Waals surface area contributed by atoms with E-state index in [4.69, 9.17) is 9.52 Å². The molecule has 0 fully saturated rings. The Morgan fingerprint density at radius 1 is 1.28 bits per heavy atom. The number of carbonyl (C=O) groups excluding carboxylic acids is 1. The van der Waals surface area contributed by atoms with E-state index < -0.39 is 12.0 Å². The van der Waals surface area contributed by atoms with Crippen LogP contribution in [0.5, 0.6) is 0 Å². The lowest BCUT2D eigenvalue weighted by atomic mass is 10.0. The summed E-state index contributed by atoms with van der Waals surface area (Å²) in [6, 6.07) is 8.73. The molecule has 0 aliphatic heterocycles. The quantitative estimate of drug-likeness (QED) is 0.712. The van der Waals surface area contributed by atoms with E-state index >= 15 is 0 Å². The second-order valence-corrected chi connectivity index (χ2v) is 7.08. The van der Waals surface area contributed by atoms with Crippen molar-refractivity contribution >= 4 is 23.6 Å². The van der Waals surface area contributed by atoms with Gasteiger partial charge < -0.3 is 14.8 Å². The molecule has 2 N–H and O–H groups in total. The molecule has 134 valence electrons. The molecular weight excluding hydrogens is 340 g/mol. The van der Waals surface area contributed by atoms with Crippen LogP contribution in [0.25, 0.3) is 11.5 Å². The van der Waals surface area contributed by atoms with Gasteiger partial charge in [0.15, 0.2) is 0 Å². The summed E-state index contributed by atoms with van der Waals surface area (Å²) in [4.78, 5) is 27.5. The molecule has 6 nitrogen and oxygen atoms in total. The number of nitrogens with zero attached hydrogens (tertiary/aromatic N) is 1. The largest absolute Gasteiger partial charge is 0.480 e. The third kappa shape index (κ3) is 6.26. The van der Waals surface area contributed by atoms with Crippen molar-refractivity contribution in [3.05, 3.63) is 42.3 Å². The molecule has 1 atom stereocenters. The van der Waals surface area contributed by atoms with Crippen molar-refractivity contribution in [2.24, 2.45) is 5.92 Å². The molecule has 2 aromatic rings. The van der Waals surface area contributed by atoms with Gasteiger partial charge in [0.25, 0.3) is 0 Å². The van der Waals surface area contributed by atoms with Gasteiger partial charge in [-0.15, -0.1) is 11.8 Å². The van der Waals surface area contributed by atoms with E-state index in [0.29, 0.717) is 18.1 Å². The molecule has 1 aromatic heterocycles. The average molecular weight is 362 g/mol. The molecule has 1 heterocycles. The summed E-state index contributed by atoms with van der Waals surface area (Å²) in [7, 11) is 0. The van der Waals surface area contributed by atoms with Gasteiger partial charge in [0.2, 0.25) is 11.8 Å². The molecule has 0 aliphatic rings. The lowest BCUT2D eigenvalue weighted by Crippen LogP contribution is -2.42. The zero-order valence-corrected chi connectivity index (χ0v) is 15.1. The fourth-order valence-corrected chi connectivity index (χ4v) is 2.98. The number of carboxylic acids is 1. The number of hydrogen-bond acceptors (Lipinski definition) is 5. The molecule has 0 saturated carbocycles. The maximum atomic E-state index is 11.9. The predicted octanol–water partition coefficient (Wildman–Crippen LogP) is 3.19. The standard InChI is InChI=1S/C18H22N2O4S/c1-12(2)8-15(18(22)23)20-16(21)11-25-10-14-9-24-17(19-14)13-6-4-3-5-7-13/h3-7,9,12,15H,8,10-11H2,1-2H3,(H,20,21)(H,22,23)/t15-/m1/s1. The van der Waals surface area contributed by atoms with E-state index in [9.17, 15) is 9.59 Å². The van der Waals surface area contributed by atoms with Gasteiger partial charge in [-0.05, 0) is 24.5 Å². The van der Waals surface area contributed by atoms with Crippen LogP contribution in [0.3, 0.4) is 0 Å². The van der Waals surface area contributed by atoms with Crippen molar-refractivity contribution in [1.82, 2.24) is 10.3 Å². The Morgan fingerprint density at radius 2 is 2.00 bits per heavy atom. The van der Waals surface area contributed by atoms with Crippen LogP contribution in [-0.4, -0.2) is 33.8 Å². The summed E-state index contributed by atoms with van der Waals surface area (Å²) in [5.41, 5.74) is 1.64. The van der Waals surface area contributed by atoms with Crippen molar-refractivity contribution in [3.8, 4) is 11.5 Å². The van der Waals surface area contributed by atoms with Crippen molar-refractivity contribution in [1.29, 1.82) is 0 Å². The van der Waals surface area contributed by atoms with Gasteiger partial charge >= 0.3 is 5.97 Å². The summed E-state index contributed by atoms with van der Waals surface area (Å²) in [6.45, 7) is 3.84. The van der Waals surface area contributed by atoms with Gasteiger partial charge in [0.1, 0.15) is 12.3 Å². The fraction of sp³-hybridized carbons (Fsp3) is 0.389. The molecule has 0 spiro atoms. The number of oxazole rings is 1. The highest BCUT2D eigenvalue weighted by Crippen LogP contribution is 2.20. The molecular formula is C18H22N2O4S. The number of thioether (sulfide) groups is 1. The van der Waals surface area contributed by atoms with E-state index in [1.54, 1.807) is 6.26 Å². The zero-order valence-electron chi connectivity index (χ0n) is 14.3. The zero-order chi connectivity index (χ0) is 18.2. The minimum atomic E-state index is -1.00. The lowest BCUT2D eigenvalue weighted by Gasteiger charge is -2.16. The molecule has 1 aromatic carbocycles. The van der Waals surface area contributed by atoms with Gasteiger partial charge in [-0.1, -0.05) is 32.0 Å². The number of amides is 1. The highest BCUT2D eigenvalue weighted by molar-refractivity contribution is 7.99. The third-order valence-corrected chi connectivity index (χ3v) is 4.36. The molecule has 0 bridgehead atoms. The van der Waals surface area contributed by atoms with Crippen LogP contribution in [0.2, 0.25) is 0 Å². The van der Waals surface area contributed by atoms with Crippen LogP contribution >= 0.6 is 11.8 Å². The Labute approximate surface area is 151 Å². The Balaban J connectivity index is 1.79. The van der Waals surface area contributed by atoms with Crippen molar-refractivity contribution < 1.29 is 19.1 Å². The molecule has 1 amide bonds. The van der Waals surface area contributed by atoms with Gasteiger partial charge in [-0.3, -0.25) is 4.79 Å². The number of benzene rings is 1. The number of aromatic nitrogens is 1. The molecule has 25 heavy (non-hydrogen) atoms. The molecule has 0 unspecified atom stereocenters. The van der Waals surface area contributed by atoms with Crippen LogP contribution in [0, 0.1) is 5.92 Å².